The Balaban J connectivity index is 1.61. The molecule has 4 unspecified atom stereocenters. The van der Waals surface area contributed by atoms with Crippen LogP contribution in [-0.2, 0) is 12.8 Å². The predicted molar refractivity (Wildman–Crippen MR) is 310 cm³/mol. The summed E-state index contributed by atoms with van der Waals surface area (Å²) in [6, 6.07) is 35.1. The summed E-state index contributed by atoms with van der Waals surface area (Å²) in [5.41, 5.74) is 15.6. The molecule has 0 spiro atoms. The number of hydrogen-bond acceptors (Lipinski definition) is 0. The van der Waals surface area contributed by atoms with Gasteiger partial charge in [0.15, 0.2) is 0 Å². The quantitative estimate of drug-likeness (QED) is 0.0523. The smallest absolute Gasteiger partial charge is 0.0110 e. The van der Waals surface area contributed by atoms with Crippen LogP contribution in [0.1, 0.15) is 150 Å². The Bertz CT molecular complexity index is 2510. The van der Waals surface area contributed by atoms with Crippen LogP contribution in [0.4, 0.5) is 0 Å². The van der Waals surface area contributed by atoms with Gasteiger partial charge < -0.3 is 0 Å². The average molecular weight is 921 g/mol. The standard InChI is InChI=1S/C69H92/c1-47(2)48(3)37-54(9)68(18,19)45-51(6)64(41-58-31-34-61(35-32-58)57(12)60-27-23-22-24-28-60)39-56(11)69(20,21)46-52(7)65(43-59-33-36-62-29-25-26-30-63(62)42-59)40-55(10)67(16,17)44-50(5)49(4)38-53(8)66(13,14)15/h22-36,42,48-49,64-65H,1,5-12,37-41,43-46H2,2-4,13-21H3. The van der Waals surface area contributed by atoms with Crippen LogP contribution in [0.15, 0.2) is 201 Å². The molecule has 4 aromatic rings. The van der Waals surface area contributed by atoms with Crippen molar-refractivity contribution < 1.29 is 0 Å². The lowest BCUT2D eigenvalue weighted by Crippen LogP contribution is -2.25. The topological polar surface area (TPSA) is 0 Å². The van der Waals surface area contributed by atoms with Gasteiger partial charge in [-0.3, -0.25) is 0 Å². The maximum Gasteiger partial charge on any atom is -0.0110 e. The molecule has 0 aliphatic carbocycles. The highest BCUT2D eigenvalue weighted by Crippen LogP contribution is 2.46. The van der Waals surface area contributed by atoms with E-state index in [0.717, 1.165) is 74.5 Å². The van der Waals surface area contributed by atoms with Crippen molar-refractivity contribution in [2.45, 2.75) is 141 Å². The molecule has 4 aromatic carbocycles. The van der Waals surface area contributed by atoms with E-state index < -0.39 is 0 Å². The lowest BCUT2D eigenvalue weighted by molar-refractivity contribution is 0.356. The molecule has 0 aliphatic rings. The van der Waals surface area contributed by atoms with Crippen LogP contribution in [0.25, 0.3) is 16.3 Å². The van der Waals surface area contributed by atoms with Gasteiger partial charge in [0.1, 0.15) is 0 Å². The molecule has 0 N–H and O–H groups in total. The van der Waals surface area contributed by atoms with Crippen LogP contribution in [0.5, 0.6) is 0 Å². The summed E-state index contributed by atoms with van der Waals surface area (Å²) in [5, 5.41) is 2.54. The first-order valence-electron chi connectivity index (χ1n) is 25.7. The van der Waals surface area contributed by atoms with E-state index in [1.165, 1.54) is 66.5 Å². The Morgan fingerprint density at radius 2 is 0.826 bits per heavy atom. The van der Waals surface area contributed by atoms with Crippen LogP contribution < -0.4 is 0 Å². The first-order valence-corrected chi connectivity index (χ1v) is 25.7. The normalized spacial score (nSPS) is 14.0. The molecule has 0 amide bonds. The molecule has 0 radical (unpaired) electrons. The van der Waals surface area contributed by atoms with E-state index >= 15 is 0 Å². The third kappa shape index (κ3) is 16.2. The second-order valence-electron chi connectivity index (χ2n) is 24.3. The molecule has 0 heterocycles. The molecular weight excluding hydrogens is 829 g/mol. The lowest BCUT2D eigenvalue weighted by Gasteiger charge is -2.37. The number of rotatable bonds is 27. The Kier molecular flexibility index (Phi) is 19.3. The number of benzene rings is 4. The predicted octanol–water partition coefficient (Wildman–Crippen LogP) is 20.5. The second kappa shape index (κ2) is 23.6. The Labute approximate surface area is 423 Å². The van der Waals surface area contributed by atoms with E-state index in [1.54, 1.807) is 0 Å². The van der Waals surface area contributed by atoms with Gasteiger partial charge in [-0.15, -0.1) is 0 Å². The molecule has 4 atom stereocenters. The number of allylic oxidation sites excluding steroid dienone is 8. The fourth-order valence-electron chi connectivity index (χ4n) is 9.63. The van der Waals surface area contributed by atoms with E-state index in [1.807, 2.05) is 6.07 Å². The van der Waals surface area contributed by atoms with Crippen LogP contribution in [-0.4, -0.2) is 0 Å². The van der Waals surface area contributed by atoms with Gasteiger partial charge in [0.2, 0.25) is 0 Å². The molecule has 4 rings (SSSR count). The molecule has 0 saturated heterocycles. The minimum Gasteiger partial charge on any atom is -0.0999 e. The summed E-state index contributed by atoms with van der Waals surface area (Å²) in [5.74, 6) is 1.15. The van der Waals surface area contributed by atoms with E-state index in [9.17, 15) is 0 Å². The van der Waals surface area contributed by atoms with E-state index in [2.05, 4.69) is 207 Å². The Hall–Kier alpha value is -5.20. The highest BCUT2D eigenvalue weighted by atomic mass is 14.4. The fraction of sp³-hybridized carbons (Fsp3) is 0.420. The van der Waals surface area contributed by atoms with Crippen molar-refractivity contribution in [3.63, 3.8) is 0 Å². The van der Waals surface area contributed by atoms with Crippen LogP contribution in [0.2, 0.25) is 0 Å². The zero-order chi connectivity index (χ0) is 51.6. The van der Waals surface area contributed by atoms with Gasteiger partial charge in [0, 0.05) is 0 Å². The van der Waals surface area contributed by atoms with Crippen molar-refractivity contribution in [3.05, 3.63) is 223 Å². The Morgan fingerprint density at radius 1 is 0.420 bits per heavy atom. The van der Waals surface area contributed by atoms with Crippen LogP contribution in [0.3, 0.4) is 0 Å². The molecule has 69 heavy (non-hydrogen) atoms. The first-order chi connectivity index (χ1) is 32.0. The summed E-state index contributed by atoms with van der Waals surface area (Å²) < 4.78 is 0. The molecular formula is C69H92. The first kappa shape index (κ1) is 56.4. The van der Waals surface area contributed by atoms with E-state index in [4.69, 9.17) is 26.3 Å². The number of hydrogen-bond donors (Lipinski definition) is 0. The summed E-state index contributed by atoms with van der Waals surface area (Å²) >= 11 is 0. The maximum absolute atomic E-state index is 4.94. The molecule has 368 valence electrons. The summed E-state index contributed by atoms with van der Waals surface area (Å²) in [4.78, 5) is 0. The molecule has 0 aromatic heterocycles. The van der Waals surface area contributed by atoms with Crippen molar-refractivity contribution in [2.75, 3.05) is 0 Å². The van der Waals surface area contributed by atoms with Crippen molar-refractivity contribution in [2.24, 2.45) is 45.3 Å². The zero-order valence-electron chi connectivity index (χ0n) is 45.8. The van der Waals surface area contributed by atoms with Crippen LogP contribution >= 0.6 is 0 Å². The van der Waals surface area contributed by atoms with Crippen molar-refractivity contribution in [3.8, 4) is 0 Å². The summed E-state index contributed by atoms with van der Waals surface area (Å²) in [6.45, 7) is 69.5. The Morgan fingerprint density at radius 3 is 1.32 bits per heavy atom. The third-order valence-corrected chi connectivity index (χ3v) is 15.9. The lowest BCUT2D eigenvalue weighted by atomic mass is 9.68. The highest BCUT2D eigenvalue weighted by molar-refractivity contribution is 5.83. The van der Waals surface area contributed by atoms with E-state index in [-0.39, 0.29) is 33.5 Å². The monoisotopic (exact) mass is 921 g/mol. The van der Waals surface area contributed by atoms with Gasteiger partial charge in [0.25, 0.3) is 0 Å². The van der Waals surface area contributed by atoms with Crippen molar-refractivity contribution >= 4 is 16.3 Å². The van der Waals surface area contributed by atoms with Gasteiger partial charge in [-0.2, -0.15) is 0 Å². The zero-order valence-corrected chi connectivity index (χ0v) is 45.8. The number of fused-ring (bicyclic) bond motifs is 1. The molecule has 0 fully saturated rings. The fourth-order valence-corrected chi connectivity index (χ4v) is 9.63. The average Bonchev–Trinajstić information content (AvgIpc) is 3.27. The molecule has 0 aliphatic heterocycles. The van der Waals surface area contributed by atoms with Crippen molar-refractivity contribution in [1.29, 1.82) is 0 Å². The third-order valence-electron chi connectivity index (χ3n) is 15.9. The maximum atomic E-state index is 4.94. The second-order valence-corrected chi connectivity index (χ2v) is 24.3. The largest absolute Gasteiger partial charge is 0.0999 e. The van der Waals surface area contributed by atoms with Gasteiger partial charge >= 0.3 is 0 Å². The van der Waals surface area contributed by atoms with Gasteiger partial charge in [0.05, 0.1) is 0 Å². The van der Waals surface area contributed by atoms with Gasteiger partial charge in [-0.1, -0.05) is 277 Å². The van der Waals surface area contributed by atoms with Gasteiger partial charge in [-0.25, -0.2) is 0 Å². The summed E-state index contributed by atoms with van der Waals surface area (Å²) in [6.07, 6.45) is 7.99. The SMILES string of the molecule is C=C(c1ccccc1)c1ccc(CC(CC(=C)C(C)(C)CC(=C)C(CC(=C)C(C)(C)CC(=C)C(C)CC(=C)C(C)(C)C)Cc2ccc3ccccc3c2)C(=C)CC(C)(C)C(=C)CC(C)C(=C)C)cc1. The van der Waals surface area contributed by atoms with Gasteiger partial charge in [-0.05, 0) is 149 Å². The minimum absolute atomic E-state index is 0.0827. The highest BCUT2D eigenvalue weighted by Gasteiger charge is 2.33. The van der Waals surface area contributed by atoms with Crippen molar-refractivity contribution in [1.82, 2.24) is 0 Å². The molecule has 0 nitrogen and oxygen atoms in total. The molecule has 0 heteroatoms. The minimum atomic E-state index is -0.208. The summed E-state index contributed by atoms with van der Waals surface area (Å²) in [7, 11) is 0. The molecule has 0 bridgehead atoms. The van der Waals surface area contributed by atoms with Crippen LogP contribution in [0, 0.1) is 45.3 Å². The molecule has 0 saturated carbocycles. The van der Waals surface area contributed by atoms with E-state index in [0.29, 0.717) is 11.8 Å².